The lowest BCUT2D eigenvalue weighted by molar-refractivity contribution is 0.125. The zero-order chi connectivity index (χ0) is 19.7. The molecule has 0 amide bonds. The highest BCUT2D eigenvalue weighted by Gasteiger charge is 2.19. The fraction of sp³-hybridized carbons (Fsp3) is 1.00. The number of ether oxygens (including phenoxy) is 2. The van der Waals surface area contributed by atoms with E-state index in [1.54, 1.807) is 13.8 Å². The van der Waals surface area contributed by atoms with Crippen LogP contribution in [0.4, 0.5) is 0 Å². The Balaban J connectivity index is 4.02. The van der Waals surface area contributed by atoms with Gasteiger partial charge in [-0.15, -0.1) is 0 Å². The molecule has 0 spiro atoms. The summed E-state index contributed by atoms with van der Waals surface area (Å²) in [6.07, 6.45) is 0. The minimum atomic E-state index is -3.51. The van der Waals surface area contributed by atoms with Crippen molar-refractivity contribution in [3.8, 4) is 0 Å². The molecule has 0 radical (unpaired) electrons. The van der Waals surface area contributed by atoms with Crippen LogP contribution in [0.25, 0.3) is 0 Å². The highest BCUT2D eigenvalue weighted by Crippen LogP contribution is 2.02. The molecule has 0 saturated heterocycles. The number of hydrogen-bond donors (Lipinski definition) is 0. The van der Waals surface area contributed by atoms with Gasteiger partial charge in [0.2, 0.25) is 10.0 Å². The van der Waals surface area contributed by atoms with Crippen molar-refractivity contribution in [1.82, 2.24) is 9.21 Å². The van der Waals surface area contributed by atoms with Crippen LogP contribution in [-0.2, 0) is 29.3 Å². The number of likely N-dealkylation sites (N-methyl/N-ethyl adjacent to an activating group) is 2. The molecular weight excluding hydrogens is 368 g/mol. The van der Waals surface area contributed by atoms with Gasteiger partial charge in [-0.2, -0.15) is 0 Å². The molecule has 0 aromatic rings. The first-order valence-corrected chi connectivity index (χ1v) is 11.7. The lowest BCUT2D eigenvalue weighted by Crippen LogP contribution is -2.35. The molecule has 0 unspecified atom stereocenters. The Hall–Kier alpha value is -0.260. The van der Waals surface area contributed by atoms with E-state index in [0.29, 0.717) is 19.2 Å². The molecule has 0 aliphatic heterocycles. The van der Waals surface area contributed by atoms with Crippen molar-refractivity contribution in [1.29, 1.82) is 0 Å². The molecule has 0 rings (SSSR count). The Bertz CT molecular complexity index is 561. The van der Waals surface area contributed by atoms with E-state index in [4.69, 9.17) is 9.47 Å². The van der Waals surface area contributed by atoms with E-state index < -0.39 is 25.1 Å². The molecule has 25 heavy (non-hydrogen) atoms. The van der Waals surface area contributed by atoms with Crippen LogP contribution in [0.15, 0.2) is 0 Å². The second kappa shape index (κ2) is 11.5. The predicted octanol–water partition coefficient (Wildman–Crippen LogP) is 0.402. The molecular formula is C15H34N2O6S2. The summed E-state index contributed by atoms with van der Waals surface area (Å²) < 4.78 is 59.0. The average Bonchev–Trinajstić information content (AvgIpc) is 2.50. The molecule has 0 heterocycles. The van der Waals surface area contributed by atoms with Crippen LogP contribution >= 0.6 is 0 Å². The van der Waals surface area contributed by atoms with Gasteiger partial charge in [0, 0.05) is 26.2 Å². The third-order valence-electron chi connectivity index (χ3n) is 3.96. The number of rotatable bonds is 14. The van der Waals surface area contributed by atoms with Crippen LogP contribution in [0.2, 0.25) is 0 Å². The number of sulfonamides is 1. The highest BCUT2D eigenvalue weighted by atomic mass is 32.2. The Kier molecular flexibility index (Phi) is 11.3. The molecule has 0 aromatic heterocycles. The van der Waals surface area contributed by atoms with E-state index in [-0.39, 0.29) is 31.5 Å². The maximum atomic E-state index is 12.1. The van der Waals surface area contributed by atoms with Crippen molar-refractivity contribution in [2.24, 2.45) is 0 Å². The van der Waals surface area contributed by atoms with E-state index in [1.165, 1.54) is 7.05 Å². The molecule has 0 aliphatic rings. The Morgan fingerprint density at radius 2 is 1.40 bits per heavy atom. The maximum Gasteiger partial charge on any atom is 0.238 e. The van der Waals surface area contributed by atoms with Crippen molar-refractivity contribution < 1.29 is 26.3 Å². The van der Waals surface area contributed by atoms with Gasteiger partial charge in [-0.05, 0) is 34.7 Å². The van der Waals surface area contributed by atoms with Gasteiger partial charge >= 0.3 is 0 Å². The van der Waals surface area contributed by atoms with Crippen molar-refractivity contribution >= 4 is 19.9 Å². The molecule has 0 aromatic carbocycles. The smallest absolute Gasteiger partial charge is 0.238 e. The fourth-order valence-electron chi connectivity index (χ4n) is 1.57. The van der Waals surface area contributed by atoms with Crippen molar-refractivity contribution in [3.63, 3.8) is 0 Å². The van der Waals surface area contributed by atoms with Gasteiger partial charge in [0.25, 0.3) is 0 Å². The summed E-state index contributed by atoms with van der Waals surface area (Å²) in [6, 6.07) is 0.375. The van der Waals surface area contributed by atoms with Crippen molar-refractivity contribution in [2.75, 3.05) is 58.7 Å². The van der Waals surface area contributed by atoms with Gasteiger partial charge < -0.3 is 14.4 Å². The molecule has 0 aliphatic carbocycles. The summed E-state index contributed by atoms with van der Waals surface area (Å²) in [5, 5.41) is -0.439. The van der Waals surface area contributed by atoms with Gasteiger partial charge in [0.05, 0.1) is 30.8 Å². The first-order valence-electron chi connectivity index (χ1n) is 8.41. The summed E-state index contributed by atoms with van der Waals surface area (Å²) >= 11 is 0. The largest absolute Gasteiger partial charge is 0.379 e. The Labute approximate surface area is 153 Å². The minimum Gasteiger partial charge on any atom is -0.379 e. The van der Waals surface area contributed by atoms with E-state index >= 15 is 0 Å². The third-order valence-corrected chi connectivity index (χ3v) is 7.73. The summed E-state index contributed by atoms with van der Waals surface area (Å²) in [5.74, 6) is -0.440. The summed E-state index contributed by atoms with van der Waals surface area (Å²) in [7, 11) is -3.25. The first kappa shape index (κ1) is 24.7. The van der Waals surface area contributed by atoms with E-state index in [0.717, 1.165) is 4.31 Å². The lowest BCUT2D eigenvalue weighted by atomic mass is 10.3. The van der Waals surface area contributed by atoms with Gasteiger partial charge in [-0.3, -0.25) is 0 Å². The van der Waals surface area contributed by atoms with Crippen LogP contribution in [0.5, 0.6) is 0 Å². The zero-order valence-corrected chi connectivity index (χ0v) is 17.9. The van der Waals surface area contributed by atoms with E-state index in [2.05, 4.69) is 18.7 Å². The third kappa shape index (κ3) is 10.5. The van der Waals surface area contributed by atoms with Crippen LogP contribution in [0, 0.1) is 0 Å². The fourth-order valence-corrected chi connectivity index (χ4v) is 3.25. The molecule has 0 atom stereocenters. The Morgan fingerprint density at radius 1 is 0.840 bits per heavy atom. The van der Waals surface area contributed by atoms with E-state index in [1.807, 2.05) is 7.05 Å². The van der Waals surface area contributed by atoms with Gasteiger partial charge in [-0.1, -0.05) is 0 Å². The quantitative estimate of drug-likeness (QED) is 0.388. The van der Waals surface area contributed by atoms with Gasteiger partial charge in [-0.25, -0.2) is 21.1 Å². The van der Waals surface area contributed by atoms with Gasteiger partial charge in [0.1, 0.15) is 0 Å². The summed E-state index contributed by atoms with van der Waals surface area (Å²) in [5.41, 5.74) is 0. The van der Waals surface area contributed by atoms with Gasteiger partial charge in [0.15, 0.2) is 15.8 Å². The molecule has 0 bridgehead atoms. The second-order valence-corrected chi connectivity index (χ2v) is 11.3. The average molecular weight is 403 g/mol. The van der Waals surface area contributed by atoms with Crippen LogP contribution in [0.3, 0.4) is 0 Å². The van der Waals surface area contributed by atoms with Crippen LogP contribution in [0.1, 0.15) is 27.7 Å². The molecule has 0 fully saturated rings. The number of hydrogen-bond acceptors (Lipinski definition) is 7. The second-order valence-electron chi connectivity index (χ2n) is 6.56. The topological polar surface area (TPSA) is 93.2 Å². The highest BCUT2D eigenvalue weighted by molar-refractivity contribution is 7.92. The van der Waals surface area contributed by atoms with E-state index in [9.17, 15) is 16.8 Å². The van der Waals surface area contributed by atoms with Crippen LogP contribution < -0.4 is 0 Å². The summed E-state index contributed by atoms with van der Waals surface area (Å²) in [6.45, 7) is 8.69. The maximum absolute atomic E-state index is 12.1. The molecule has 0 N–H and O–H groups in total. The predicted molar refractivity (Wildman–Crippen MR) is 99.9 cm³/mol. The lowest BCUT2D eigenvalue weighted by Gasteiger charge is -2.21. The minimum absolute atomic E-state index is 0.0619. The SMILES string of the molecule is CC(C)N(C)CCOCS(=O)(=O)N(C)CCOCCS(=O)(=O)C(C)C. The van der Waals surface area contributed by atoms with Crippen molar-refractivity contribution in [3.05, 3.63) is 0 Å². The normalized spacial score (nSPS) is 13.5. The first-order chi connectivity index (χ1) is 11.4. The monoisotopic (exact) mass is 402 g/mol. The molecule has 152 valence electrons. The molecule has 8 nitrogen and oxygen atoms in total. The Morgan fingerprint density at radius 3 is 1.92 bits per heavy atom. The molecule has 0 saturated carbocycles. The molecule has 10 heteroatoms. The van der Waals surface area contributed by atoms with Crippen molar-refractivity contribution in [2.45, 2.75) is 39.0 Å². The van der Waals surface area contributed by atoms with Crippen LogP contribution in [-0.4, -0.2) is 96.0 Å². The zero-order valence-electron chi connectivity index (χ0n) is 16.3. The standard InChI is InChI=1S/C15H34N2O6S2/c1-14(2)16(5)7-9-23-13-25(20,21)17(6)8-10-22-11-12-24(18,19)15(3)4/h14-15H,7-13H2,1-6H3. The number of sulfone groups is 1. The number of nitrogens with zero attached hydrogens (tertiary/aromatic N) is 2. The summed E-state index contributed by atoms with van der Waals surface area (Å²) in [4.78, 5) is 2.06.